The molecule has 0 saturated carbocycles. The van der Waals surface area contributed by atoms with Crippen LogP contribution in [-0.4, -0.2) is 31.1 Å². The van der Waals surface area contributed by atoms with Crippen LogP contribution in [-0.2, 0) is 6.18 Å². The Labute approximate surface area is 102 Å². The van der Waals surface area contributed by atoms with Crippen LogP contribution in [0.5, 0.6) is 0 Å². The van der Waals surface area contributed by atoms with Gasteiger partial charge in [-0.1, -0.05) is 0 Å². The molecule has 0 heterocycles. The molecule has 1 aromatic carbocycles. The Morgan fingerprint density at radius 2 is 2.06 bits per heavy atom. The molecule has 1 rings (SSSR count). The van der Waals surface area contributed by atoms with Gasteiger partial charge in [0.2, 0.25) is 0 Å². The van der Waals surface area contributed by atoms with E-state index in [1.165, 1.54) is 11.0 Å². The second-order valence-corrected chi connectivity index (χ2v) is 3.79. The number of nitrogens with one attached hydrogen (secondary N) is 1. The Hall–Kier alpha value is -1.76. The molecule has 18 heavy (non-hydrogen) atoms. The van der Waals surface area contributed by atoms with Crippen molar-refractivity contribution in [2.24, 2.45) is 5.73 Å². The predicted molar refractivity (Wildman–Crippen MR) is 62.8 cm³/mol. The largest absolute Gasteiger partial charge is 0.417 e. The second-order valence-electron chi connectivity index (χ2n) is 3.79. The van der Waals surface area contributed by atoms with E-state index >= 15 is 0 Å². The highest BCUT2D eigenvalue weighted by atomic mass is 19.4. The van der Waals surface area contributed by atoms with E-state index in [-0.39, 0.29) is 18.7 Å². The molecule has 4 nitrogen and oxygen atoms in total. The van der Waals surface area contributed by atoms with Crippen molar-refractivity contribution in [2.75, 3.05) is 25.1 Å². The lowest BCUT2D eigenvalue weighted by molar-refractivity contribution is -0.137. The number of amidine groups is 1. The molecule has 0 aliphatic carbocycles. The second kappa shape index (κ2) is 5.26. The molecule has 0 bridgehead atoms. The summed E-state index contributed by atoms with van der Waals surface area (Å²) in [4.78, 5) is 1.49. The van der Waals surface area contributed by atoms with Crippen LogP contribution >= 0.6 is 0 Å². The maximum atomic E-state index is 12.8. The van der Waals surface area contributed by atoms with E-state index in [0.717, 1.165) is 12.1 Å². The molecule has 0 aliphatic rings. The smallest absolute Gasteiger partial charge is 0.395 e. The topological polar surface area (TPSA) is 73.3 Å². The summed E-state index contributed by atoms with van der Waals surface area (Å²) in [5, 5.41) is 15.9. The zero-order valence-electron chi connectivity index (χ0n) is 9.75. The van der Waals surface area contributed by atoms with E-state index in [1.54, 1.807) is 7.05 Å². The van der Waals surface area contributed by atoms with Gasteiger partial charge in [0, 0.05) is 24.8 Å². The Bertz CT molecular complexity index is 446. The van der Waals surface area contributed by atoms with Gasteiger partial charge in [-0.15, -0.1) is 0 Å². The Morgan fingerprint density at radius 1 is 1.44 bits per heavy atom. The number of anilines is 1. The van der Waals surface area contributed by atoms with Crippen molar-refractivity contribution >= 4 is 11.5 Å². The molecule has 0 saturated heterocycles. The fourth-order valence-corrected chi connectivity index (χ4v) is 1.52. The first-order valence-corrected chi connectivity index (χ1v) is 5.15. The minimum Gasteiger partial charge on any atom is -0.395 e. The van der Waals surface area contributed by atoms with Crippen molar-refractivity contribution in [3.8, 4) is 0 Å². The monoisotopic (exact) mass is 261 g/mol. The summed E-state index contributed by atoms with van der Waals surface area (Å²) < 4.78 is 38.5. The SMILES string of the molecule is CN(CCO)c1ccc(C(=N)N)c(C(F)(F)F)c1. The molecular weight excluding hydrogens is 247 g/mol. The first-order valence-electron chi connectivity index (χ1n) is 5.15. The van der Waals surface area contributed by atoms with Crippen LogP contribution in [0, 0.1) is 5.41 Å². The van der Waals surface area contributed by atoms with Gasteiger partial charge < -0.3 is 15.7 Å². The van der Waals surface area contributed by atoms with Crippen molar-refractivity contribution in [2.45, 2.75) is 6.18 Å². The number of alkyl halides is 3. The Balaban J connectivity index is 3.26. The number of hydrogen-bond donors (Lipinski definition) is 3. The van der Waals surface area contributed by atoms with Gasteiger partial charge in [-0.2, -0.15) is 13.2 Å². The molecule has 0 unspecified atom stereocenters. The molecule has 1 aromatic rings. The van der Waals surface area contributed by atoms with Crippen LogP contribution in [0.3, 0.4) is 0 Å². The first-order chi connectivity index (χ1) is 8.27. The first kappa shape index (κ1) is 14.3. The highest BCUT2D eigenvalue weighted by molar-refractivity contribution is 5.97. The maximum absolute atomic E-state index is 12.8. The lowest BCUT2D eigenvalue weighted by atomic mass is 10.0. The van der Waals surface area contributed by atoms with E-state index in [9.17, 15) is 13.2 Å². The van der Waals surface area contributed by atoms with Gasteiger partial charge in [0.05, 0.1) is 12.2 Å². The zero-order chi connectivity index (χ0) is 13.9. The summed E-state index contributed by atoms with van der Waals surface area (Å²) in [5.41, 5.74) is 4.14. The lowest BCUT2D eigenvalue weighted by Crippen LogP contribution is -2.23. The number of hydrogen-bond acceptors (Lipinski definition) is 3. The molecule has 0 spiro atoms. The Morgan fingerprint density at radius 3 is 2.50 bits per heavy atom. The number of nitrogen functional groups attached to an aromatic ring is 1. The number of halogens is 3. The molecule has 0 radical (unpaired) electrons. The average molecular weight is 261 g/mol. The maximum Gasteiger partial charge on any atom is 0.417 e. The van der Waals surface area contributed by atoms with E-state index in [0.29, 0.717) is 5.69 Å². The highest BCUT2D eigenvalue weighted by Gasteiger charge is 2.34. The van der Waals surface area contributed by atoms with Crippen LogP contribution in [0.15, 0.2) is 18.2 Å². The van der Waals surface area contributed by atoms with E-state index in [1.807, 2.05) is 0 Å². The highest BCUT2D eigenvalue weighted by Crippen LogP contribution is 2.34. The molecule has 7 heteroatoms. The molecular formula is C11H14F3N3O. The average Bonchev–Trinajstić information content (AvgIpc) is 2.27. The molecule has 100 valence electrons. The lowest BCUT2D eigenvalue weighted by Gasteiger charge is -2.21. The van der Waals surface area contributed by atoms with Gasteiger partial charge >= 0.3 is 6.18 Å². The molecule has 0 aromatic heterocycles. The summed E-state index contributed by atoms with van der Waals surface area (Å²) in [6.07, 6.45) is -4.57. The molecule has 4 N–H and O–H groups in total. The van der Waals surface area contributed by atoms with Crippen LogP contribution in [0.25, 0.3) is 0 Å². The number of nitrogens with zero attached hydrogens (tertiary/aromatic N) is 1. The fourth-order valence-electron chi connectivity index (χ4n) is 1.52. The summed E-state index contributed by atoms with van der Waals surface area (Å²) in [7, 11) is 1.57. The van der Waals surface area contributed by atoms with Gasteiger partial charge in [-0.3, -0.25) is 5.41 Å². The van der Waals surface area contributed by atoms with Gasteiger partial charge in [0.25, 0.3) is 0 Å². The third kappa shape index (κ3) is 3.13. The molecule has 0 aliphatic heterocycles. The van der Waals surface area contributed by atoms with Crippen LogP contribution < -0.4 is 10.6 Å². The third-order valence-corrected chi connectivity index (χ3v) is 2.47. The summed E-state index contributed by atoms with van der Waals surface area (Å²) >= 11 is 0. The zero-order valence-corrected chi connectivity index (χ0v) is 9.75. The minimum absolute atomic E-state index is 0.160. The number of benzene rings is 1. The third-order valence-electron chi connectivity index (χ3n) is 2.47. The fraction of sp³-hybridized carbons (Fsp3) is 0.364. The molecule has 0 amide bonds. The van der Waals surface area contributed by atoms with Gasteiger partial charge in [-0.05, 0) is 18.2 Å². The number of aliphatic hydroxyl groups excluding tert-OH is 1. The van der Waals surface area contributed by atoms with E-state index < -0.39 is 17.6 Å². The van der Waals surface area contributed by atoms with E-state index in [2.05, 4.69) is 0 Å². The van der Waals surface area contributed by atoms with Crippen LogP contribution in [0.2, 0.25) is 0 Å². The van der Waals surface area contributed by atoms with Crippen LogP contribution in [0.4, 0.5) is 18.9 Å². The normalized spacial score (nSPS) is 11.4. The van der Waals surface area contributed by atoms with Crippen molar-refractivity contribution < 1.29 is 18.3 Å². The van der Waals surface area contributed by atoms with Crippen molar-refractivity contribution in [3.05, 3.63) is 29.3 Å². The van der Waals surface area contributed by atoms with Gasteiger partial charge in [-0.25, -0.2) is 0 Å². The quantitative estimate of drug-likeness (QED) is 0.567. The minimum atomic E-state index is -4.57. The standard InChI is InChI=1S/C11H14F3N3O/c1-17(4-5-18)7-2-3-8(10(15)16)9(6-7)11(12,13)14/h2-3,6,18H,4-5H2,1H3,(H3,15,16). The number of likely N-dealkylation sites (N-methyl/N-ethyl adjacent to an activating group) is 1. The number of rotatable bonds is 4. The van der Waals surface area contributed by atoms with Gasteiger partial charge in [0.15, 0.2) is 0 Å². The summed E-state index contributed by atoms with van der Waals surface area (Å²) in [6, 6.07) is 3.52. The van der Waals surface area contributed by atoms with Crippen LogP contribution in [0.1, 0.15) is 11.1 Å². The predicted octanol–water partition coefficient (Wildman–Crippen LogP) is 1.42. The van der Waals surface area contributed by atoms with Crippen molar-refractivity contribution in [1.82, 2.24) is 0 Å². The summed E-state index contributed by atoms with van der Waals surface area (Å²) in [5.74, 6) is -0.626. The van der Waals surface area contributed by atoms with E-state index in [4.69, 9.17) is 16.2 Å². The molecule has 0 atom stereocenters. The molecule has 0 fully saturated rings. The summed E-state index contributed by atoms with van der Waals surface area (Å²) in [6.45, 7) is 0.0586. The van der Waals surface area contributed by atoms with Gasteiger partial charge in [0.1, 0.15) is 5.84 Å². The Kier molecular flexibility index (Phi) is 4.18. The number of aliphatic hydroxyl groups is 1. The number of nitrogens with two attached hydrogens (primary N) is 1. The van der Waals surface area contributed by atoms with Crippen molar-refractivity contribution in [3.63, 3.8) is 0 Å². The van der Waals surface area contributed by atoms with Crippen molar-refractivity contribution in [1.29, 1.82) is 5.41 Å².